The van der Waals surface area contributed by atoms with Crippen LogP contribution in [0.5, 0.6) is 5.75 Å². The van der Waals surface area contributed by atoms with Gasteiger partial charge in [0.05, 0.1) is 5.69 Å². The van der Waals surface area contributed by atoms with Gasteiger partial charge in [0.2, 0.25) is 0 Å². The lowest BCUT2D eigenvalue weighted by Gasteiger charge is -2.37. The lowest BCUT2D eigenvalue weighted by Crippen LogP contribution is -2.44. The van der Waals surface area contributed by atoms with Crippen molar-refractivity contribution in [3.8, 4) is 5.75 Å². The van der Waals surface area contributed by atoms with Gasteiger partial charge < -0.3 is 14.2 Å². The van der Waals surface area contributed by atoms with Crippen LogP contribution < -0.4 is 9.74 Å². The molecule has 0 atom stereocenters. The van der Waals surface area contributed by atoms with Crippen LogP contribution in [-0.2, 0) is 4.79 Å². The first-order valence-electron chi connectivity index (χ1n) is 12.7. The fourth-order valence-electron chi connectivity index (χ4n) is 4.36. The van der Waals surface area contributed by atoms with Crippen LogP contribution in [0.3, 0.4) is 0 Å². The highest BCUT2D eigenvalue weighted by Crippen LogP contribution is 2.42. The predicted molar refractivity (Wildman–Crippen MR) is 144 cm³/mol. The van der Waals surface area contributed by atoms with Crippen LogP contribution in [0.1, 0.15) is 81.4 Å². The largest absolute Gasteiger partial charge is 0.542 e. The van der Waals surface area contributed by atoms with Gasteiger partial charge in [0, 0.05) is 29.7 Å². The zero-order valence-electron chi connectivity index (χ0n) is 22.4. The molecule has 4 rings (SSSR count). The summed E-state index contributed by atoms with van der Waals surface area (Å²) in [4.78, 5) is 34.0. The van der Waals surface area contributed by atoms with Gasteiger partial charge in [-0.25, -0.2) is 9.97 Å². The van der Waals surface area contributed by atoms with Crippen LogP contribution in [0, 0.1) is 12.8 Å². The van der Waals surface area contributed by atoms with Gasteiger partial charge in [-0.05, 0) is 69.8 Å². The standard InChI is InChI=1S/C28H37N3O4Si/c1-17-9-8-10-21(29-17)26(33)30-23-15-24-22(16-25(23)35-36(6,7)28(3,4)5)31-27(34-24)20-13-11-19(12-14-20)18(2)32/h8-10,15-16,19-20H,11-14H2,1-7H3,(H,30,33)/t19-,20-. The quantitative estimate of drug-likeness (QED) is 0.360. The van der Waals surface area contributed by atoms with Crippen molar-refractivity contribution in [3.63, 3.8) is 0 Å². The summed E-state index contributed by atoms with van der Waals surface area (Å²) >= 11 is 0. The highest BCUT2D eigenvalue weighted by atomic mass is 28.4. The van der Waals surface area contributed by atoms with Crippen LogP contribution in [-0.4, -0.2) is 30.0 Å². The van der Waals surface area contributed by atoms with E-state index < -0.39 is 8.32 Å². The summed E-state index contributed by atoms with van der Waals surface area (Å²) in [6.45, 7) is 14.4. The van der Waals surface area contributed by atoms with Crippen molar-refractivity contribution in [1.82, 2.24) is 9.97 Å². The van der Waals surface area contributed by atoms with Crippen molar-refractivity contribution in [3.05, 3.63) is 47.6 Å². The highest BCUT2D eigenvalue weighted by molar-refractivity contribution is 6.74. The highest BCUT2D eigenvalue weighted by Gasteiger charge is 2.40. The van der Waals surface area contributed by atoms with Gasteiger partial charge in [-0.3, -0.25) is 9.59 Å². The zero-order valence-corrected chi connectivity index (χ0v) is 23.4. The molecule has 2 heterocycles. The third-order valence-corrected chi connectivity index (χ3v) is 12.0. The number of nitrogens with zero attached hydrogens (tertiary/aromatic N) is 2. The Labute approximate surface area is 214 Å². The number of carbonyl (C=O) groups is 2. The molecule has 0 spiro atoms. The molecule has 3 aromatic rings. The third kappa shape index (κ3) is 5.53. The number of aromatic nitrogens is 2. The lowest BCUT2D eigenvalue weighted by molar-refractivity contribution is -0.121. The number of Topliss-reactive ketones (excluding diaryl/α,β-unsaturated/α-hetero) is 1. The van der Waals surface area contributed by atoms with Crippen molar-refractivity contribution in [2.24, 2.45) is 5.92 Å². The van der Waals surface area contributed by atoms with Crippen LogP contribution in [0.2, 0.25) is 18.1 Å². The topological polar surface area (TPSA) is 94.3 Å². The molecule has 0 bridgehead atoms. The summed E-state index contributed by atoms with van der Waals surface area (Å²) in [5.74, 6) is 1.58. The number of hydrogen-bond acceptors (Lipinski definition) is 6. The zero-order chi connectivity index (χ0) is 26.3. The molecule has 1 aliphatic carbocycles. The number of aryl methyl sites for hydroxylation is 1. The molecule has 0 radical (unpaired) electrons. The molecular weight excluding hydrogens is 470 g/mol. The Balaban J connectivity index is 1.69. The van der Waals surface area contributed by atoms with Gasteiger partial charge in [-0.2, -0.15) is 0 Å². The molecule has 1 aromatic carbocycles. The molecule has 1 saturated carbocycles. The molecule has 1 fully saturated rings. The van der Waals surface area contributed by atoms with Crippen molar-refractivity contribution < 1.29 is 18.4 Å². The second-order valence-electron chi connectivity index (χ2n) is 11.5. The molecule has 0 unspecified atom stereocenters. The van der Waals surface area contributed by atoms with Crippen molar-refractivity contribution in [2.75, 3.05) is 5.32 Å². The van der Waals surface area contributed by atoms with Gasteiger partial charge in [0.15, 0.2) is 11.5 Å². The molecule has 0 aliphatic heterocycles. The minimum atomic E-state index is -2.20. The van der Waals surface area contributed by atoms with Crippen LogP contribution in [0.4, 0.5) is 5.69 Å². The van der Waals surface area contributed by atoms with E-state index in [1.54, 1.807) is 13.0 Å². The monoisotopic (exact) mass is 507 g/mol. The number of anilines is 1. The SMILES string of the molecule is Cc1cccc(C(=O)Nc2cc3oc([C@H]4CC[C@H](C(C)=O)CC4)nc3cc2O[Si](C)(C)C(C)(C)C)n1. The Bertz CT molecular complexity index is 1280. The van der Waals surface area contributed by atoms with E-state index in [1.165, 1.54) is 0 Å². The summed E-state index contributed by atoms with van der Waals surface area (Å²) in [7, 11) is -2.20. The number of rotatable bonds is 6. The van der Waals surface area contributed by atoms with Crippen LogP contribution in [0.15, 0.2) is 34.7 Å². The normalized spacial score (nSPS) is 18.8. The number of nitrogens with one attached hydrogen (secondary N) is 1. The first-order chi connectivity index (χ1) is 16.8. The fraction of sp³-hybridized carbons (Fsp3) is 0.500. The van der Waals surface area contributed by atoms with Crippen molar-refractivity contribution in [2.45, 2.75) is 84.4 Å². The van der Waals surface area contributed by atoms with E-state index in [0.717, 1.165) is 31.4 Å². The third-order valence-electron chi connectivity index (χ3n) is 7.70. The maximum Gasteiger partial charge on any atom is 0.274 e. The molecule has 1 aliphatic rings. The number of hydrogen-bond donors (Lipinski definition) is 1. The van der Waals surface area contributed by atoms with Crippen LogP contribution in [0.25, 0.3) is 11.1 Å². The van der Waals surface area contributed by atoms with E-state index in [0.29, 0.717) is 34.1 Å². The summed E-state index contributed by atoms with van der Waals surface area (Å²) < 4.78 is 12.8. The molecule has 0 saturated heterocycles. The minimum Gasteiger partial charge on any atom is -0.542 e. The smallest absolute Gasteiger partial charge is 0.274 e. The molecule has 2 aromatic heterocycles. The number of benzene rings is 1. The average molecular weight is 508 g/mol. The molecule has 36 heavy (non-hydrogen) atoms. The van der Waals surface area contributed by atoms with Gasteiger partial charge >= 0.3 is 0 Å². The molecule has 1 N–H and O–H groups in total. The van der Waals surface area contributed by atoms with E-state index >= 15 is 0 Å². The van der Waals surface area contributed by atoms with Gasteiger partial charge in [-0.15, -0.1) is 0 Å². The first-order valence-corrected chi connectivity index (χ1v) is 15.6. The predicted octanol–water partition coefficient (Wildman–Crippen LogP) is 7.03. The molecule has 7 nitrogen and oxygen atoms in total. The second kappa shape index (κ2) is 9.80. The number of ketones is 1. The summed E-state index contributed by atoms with van der Waals surface area (Å²) in [6.07, 6.45) is 3.49. The summed E-state index contributed by atoms with van der Waals surface area (Å²) in [5.41, 5.74) is 2.97. The van der Waals surface area contributed by atoms with Gasteiger partial charge in [-0.1, -0.05) is 26.8 Å². The van der Waals surface area contributed by atoms with Crippen LogP contribution >= 0.6 is 0 Å². The number of carbonyl (C=O) groups excluding carboxylic acids is 2. The maximum atomic E-state index is 13.1. The van der Waals surface area contributed by atoms with Crippen molar-refractivity contribution in [1.29, 1.82) is 0 Å². The number of fused-ring (bicyclic) bond motifs is 1. The average Bonchev–Trinajstić information content (AvgIpc) is 3.21. The van der Waals surface area contributed by atoms with Gasteiger partial charge in [0.25, 0.3) is 14.2 Å². The Hall–Kier alpha value is -3.00. The Morgan fingerprint density at radius 1 is 1.08 bits per heavy atom. The van der Waals surface area contributed by atoms with Gasteiger partial charge in [0.1, 0.15) is 22.7 Å². The minimum absolute atomic E-state index is 0.0222. The molecular formula is C28H37N3O4Si. The summed E-state index contributed by atoms with van der Waals surface area (Å²) in [5, 5.41) is 2.98. The molecule has 1 amide bonds. The maximum absolute atomic E-state index is 13.1. The molecule has 192 valence electrons. The number of oxazole rings is 1. The van der Waals surface area contributed by atoms with E-state index in [2.05, 4.69) is 44.2 Å². The number of amides is 1. The van der Waals surface area contributed by atoms with E-state index in [9.17, 15) is 9.59 Å². The fourth-order valence-corrected chi connectivity index (χ4v) is 5.38. The first kappa shape index (κ1) is 26.1. The second-order valence-corrected chi connectivity index (χ2v) is 16.2. The van der Waals surface area contributed by atoms with E-state index in [-0.39, 0.29) is 28.6 Å². The Morgan fingerprint density at radius 2 is 1.78 bits per heavy atom. The molecule has 8 heteroatoms. The Morgan fingerprint density at radius 3 is 2.39 bits per heavy atom. The van der Waals surface area contributed by atoms with Crippen molar-refractivity contribution >= 4 is 36.8 Å². The Kier molecular flexibility index (Phi) is 7.10. The van der Waals surface area contributed by atoms with E-state index in [1.807, 2.05) is 31.2 Å². The van der Waals surface area contributed by atoms with E-state index in [4.69, 9.17) is 13.8 Å². The summed E-state index contributed by atoms with van der Waals surface area (Å²) in [6, 6.07) is 9.05. The number of pyridine rings is 1. The lowest BCUT2D eigenvalue weighted by atomic mass is 9.80.